The third kappa shape index (κ3) is 5.21. The largest absolute Gasteiger partial charge is 0.205 e. The molecular weight excluding hydrogens is 350 g/mol. The van der Waals surface area contributed by atoms with Gasteiger partial charge in [-0.2, -0.15) is 0 Å². The standard InChI is InChI=1S/C23H33ClF2/c1-2-3-16-6-10-19(11-7-16)20-12-8-17(9-13-20)4-5-18-14-21(25)23(24)22(26)15-18/h14-17,19-20H,2-13H2,1H3/t16-,17-,19-,20-. The molecule has 0 N–H and O–H groups in total. The molecule has 1 aromatic carbocycles. The molecule has 0 unspecified atom stereocenters. The minimum absolute atomic E-state index is 0.386. The first-order valence-electron chi connectivity index (χ1n) is 10.7. The quantitative estimate of drug-likeness (QED) is 0.437. The van der Waals surface area contributed by atoms with Crippen LogP contribution in [0.25, 0.3) is 0 Å². The molecule has 0 atom stereocenters. The number of rotatable bonds is 6. The van der Waals surface area contributed by atoms with E-state index in [0.29, 0.717) is 5.92 Å². The van der Waals surface area contributed by atoms with E-state index < -0.39 is 11.6 Å². The molecule has 0 amide bonds. The molecule has 2 saturated carbocycles. The van der Waals surface area contributed by atoms with Crippen LogP contribution in [-0.4, -0.2) is 0 Å². The first-order valence-corrected chi connectivity index (χ1v) is 11.1. The molecule has 0 nitrogen and oxygen atoms in total. The number of hydrogen-bond donors (Lipinski definition) is 0. The average Bonchev–Trinajstić information content (AvgIpc) is 2.66. The predicted molar refractivity (Wildman–Crippen MR) is 105 cm³/mol. The van der Waals surface area contributed by atoms with E-state index in [1.54, 1.807) is 0 Å². The molecule has 2 fully saturated rings. The first-order chi connectivity index (χ1) is 12.6. The van der Waals surface area contributed by atoms with Crippen molar-refractivity contribution in [2.24, 2.45) is 23.7 Å². The molecule has 3 heteroatoms. The van der Waals surface area contributed by atoms with Crippen LogP contribution in [0.1, 0.15) is 83.1 Å². The van der Waals surface area contributed by atoms with Gasteiger partial charge in [-0.25, -0.2) is 8.78 Å². The lowest BCUT2D eigenvalue weighted by molar-refractivity contribution is 0.141. The van der Waals surface area contributed by atoms with Crippen LogP contribution in [0.5, 0.6) is 0 Å². The van der Waals surface area contributed by atoms with Gasteiger partial charge in [0.1, 0.15) is 16.7 Å². The monoisotopic (exact) mass is 382 g/mol. The van der Waals surface area contributed by atoms with Crippen LogP contribution in [0.3, 0.4) is 0 Å². The van der Waals surface area contributed by atoms with E-state index in [-0.39, 0.29) is 5.02 Å². The fourth-order valence-corrected chi connectivity index (χ4v) is 5.54. The van der Waals surface area contributed by atoms with Crippen LogP contribution in [0.2, 0.25) is 5.02 Å². The highest BCUT2D eigenvalue weighted by molar-refractivity contribution is 6.30. The maximum absolute atomic E-state index is 13.6. The van der Waals surface area contributed by atoms with Crippen LogP contribution in [0.4, 0.5) is 8.78 Å². The van der Waals surface area contributed by atoms with Crippen LogP contribution in [0.15, 0.2) is 12.1 Å². The van der Waals surface area contributed by atoms with Gasteiger partial charge in [0.25, 0.3) is 0 Å². The maximum Gasteiger partial charge on any atom is 0.145 e. The van der Waals surface area contributed by atoms with E-state index in [2.05, 4.69) is 6.92 Å². The van der Waals surface area contributed by atoms with Crippen LogP contribution in [-0.2, 0) is 6.42 Å². The molecule has 0 saturated heterocycles. The molecule has 0 bridgehead atoms. The topological polar surface area (TPSA) is 0 Å². The van der Waals surface area contributed by atoms with Crippen molar-refractivity contribution in [3.8, 4) is 0 Å². The summed E-state index contributed by atoms with van der Waals surface area (Å²) < 4.78 is 27.1. The SMILES string of the molecule is CCC[C@H]1CC[C@H]([C@H]2CC[C@H](CCc3cc(F)c(Cl)c(F)c3)CC2)CC1. The second kappa shape index (κ2) is 9.53. The van der Waals surface area contributed by atoms with Gasteiger partial charge < -0.3 is 0 Å². The Bertz CT molecular complexity index is 547. The van der Waals surface area contributed by atoms with Gasteiger partial charge in [0.2, 0.25) is 0 Å². The zero-order valence-electron chi connectivity index (χ0n) is 16.1. The highest BCUT2D eigenvalue weighted by Crippen LogP contribution is 2.43. The van der Waals surface area contributed by atoms with Crippen molar-refractivity contribution in [2.45, 2.75) is 84.0 Å². The summed E-state index contributed by atoms with van der Waals surface area (Å²) in [5.74, 6) is 2.33. The van der Waals surface area contributed by atoms with Crippen molar-refractivity contribution in [2.75, 3.05) is 0 Å². The first kappa shape index (κ1) is 20.1. The molecular formula is C23H33ClF2. The van der Waals surface area contributed by atoms with Crippen molar-refractivity contribution >= 4 is 11.6 Å². The number of halogens is 3. The second-order valence-electron chi connectivity index (χ2n) is 8.76. The van der Waals surface area contributed by atoms with Crippen molar-refractivity contribution in [3.63, 3.8) is 0 Å². The van der Waals surface area contributed by atoms with Gasteiger partial charge in [0.05, 0.1) is 0 Å². The van der Waals surface area contributed by atoms with Crippen LogP contribution in [0, 0.1) is 35.3 Å². The number of aryl methyl sites for hydroxylation is 1. The summed E-state index contributed by atoms with van der Waals surface area (Å²) in [7, 11) is 0. The number of hydrogen-bond acceptors (Lipinski definition) is 0. The second-order valence-corrected chi connectivity index (χ2v) is 9.14. The van der Waals surface area contributed by atoms with Gasteiger partial charge in [0, 0.05) is 0 Å². The van der Waals surface area contributed by atoms with E-state index in [1.807, 2.05) is 0 Å². The Hall–Kier alpha value is -0.630. The fourth-order valence-electron chi connectivity index (χ4n) is 5.43. The molecule has 26 heavy (non-hydrogen) atoms. The third-order valence-electron chi connectivity index (χ3n) is 7.03. The Morgan fingerprint density at radius 3 is 1.73 bits per heavy atom. The Labute approximate surface area is 162 Å². The number of benzene rings is 1. The molecule has 146 valence electrons. The Balaban J connectivity index is 1.40. The lowest BCUT2D eigenvalue weighted by Crippen LogP contribution is -2.26. The van der Waals surface area contributed by atoms with Crippen LogP contribution < -0.4 is 0 Å². The molecule has 0 aliphatic heterocycles. The van der Waals surface area contributed by atoms with Crippen molar-refractivity contribution in [3.05, 3.63) is 34.4 Å². The summed E-state index contributed by atoms with van der Waals surface area (Å²) in [5.41, 5.74) is 0.737. The van der Waals surface area contributed by atoms with Gasteiger partial charge >= 0.3 is 0 Å². The molecule has 0 heterocycles. The van der Waals surface area contributed by atoms with Crippen molar-refractivity contribution < 1.29 is 8.78 Å². The fraction of sp³-hybridized carbons (Fsp3) is 0.739. The molecule has 3 rings (SSSR count). The summed E-state index contributed by atoms with van der Waals surface area (Å²) in [6, 6.07) is 2.79. The average molecular weight is 383 g/mol. The molecule has 2 aliphatic carbocycles. The van der Waals surface area contributed by atoms with E-state index in [1.165, 1.54) is 76.3 Å². The molecule has 2 aliphatic rings. The highest BCUT2D eigenvalue weighted by atomic mass is 35.5. The molecule has 0 spiro atoms. The molecule has 0 radical (unpaired) electrons. The van der Waals surface area contributed by atoms with Crippen molar-refractivity contribution in [1.82, 2.24) is 0 Å². The maximum atomic E-state index is 13.6. The lowest BCUT2D eigenvalue weighted by Gasteiger charge is -2.38. The summed E-state index contributed by atoms with van der Waals surface area (Å²) in [6.45, 7) is 2.31. The molecule has 1 aromatic rings. The smallest absolute Gasteiger partial charge is 0.145 e. The van der Waals surface area contributed by atoms with Gasteiger partial charge in [-0.1, -0.05) is 57.0 Å². The Morgan fingerprint density at radius 1 is 0.808 bits per heavy atom. The lowest BCUT2D eigenvalue weighted by atomic mass is 9.68. The van der Waals surface area contributed by atoms with E-state index in [0.717, 1.165) is 36.2 Å². The van der Waals surface area contributed by atoms with Gasteiger partial charge in [-0.05, 0) is 79.9 Å². The summed E-state index contributed by atoms with van der Waals surface area (Å²) in [6.07, 6.45) is 15.6. The van der Waals surface area contributed by atoms with E-state index in [9.17, 15) is 8.78 Å². The minimum Gasteiger partial charge on any atom is -0.205 e. The van der Waals surface area contributed by atoms with Gasteiger partial charge in [0.15, 0.2) is 0 Å². The molecule has 0 aromatic heterocycles. The van der Waals surface area contributed by atoms with Crippen molar-refractivity contribution in [1.29, 1.82) is 0 Å². The van der Waals surface area contributed by atoms with Gasteiger partial charge in [-0.3, -0.25) is 0 Å². The van der Waals surface area contributed by atoms with Gasteiger partial charge in [-0.15, -0.1) is 0 Å². The van der Waals surface area contributed by atoms with E-state index >= 15 is 0 Å². The summed E-state index contributed by atoms with van der Waals surface area (Å²) in [5, 5.41) is -0.386. The van der Waals surface area contributed by atoms with E-state index in [4.69, 9.17) is 11.6 Å². The normalized spacial score (nSPS) is 29.7. The zero-order valence-corrected chi connectivity index (χ0v) is 16.8. The summed E-state index contributed by atoms with van der Waals surface area (Å²) in [4.78, 5) is 0. The predicted octanol–water partition coefficient (Wildman–Crippen LogP) is 7.96. The van der Waals surface area contributed by atoms with Crippen LogP contribution >= 0.6 is 11.6 Å². The highest BCUT2D eigenvalue weighted by Gasteiger charge is 2.30. The summed E-state index contributed by atoms with van der Waals surface area (Å²) >= 11 is 5.56. The Kier molecular flexibility index (Phi) is 7.37. The zero-order chi connectivity index (χ0) is 18.5. The Morgan fingerprint density at radius 2 is 1.27 bits per heavy atom. The minimum atomic E-state index is -0.635. The third-order valence-corrected chi connectivity index (χ3v) is 7.39.